The van der Waals surface area contributed by atoms with E-state index in [2.05, 4.69) is 33.0 Å². The molecule has 4 heteroatoms. The summed E-state index contributed by atoms with van der Waals surface area (Å²) < 4.78 is 1.03. The van der Waals surface area contributed by atoms with Gasteiger partial charge in [0.25, 0.3) is 0 Å². The minimum absolute atomic E-state index is 0.330. The first kappa shape index (κ1) is 12.0. The summed E-state index contributed by atoms with van der Waals surface area (Å²) in [5.41, 5.74) is 7.94. The van der Waals surface area contributed by atoms with E-state index in [4.69, 9.17) is 5.73 Å². The highest BCUT2D eigenvalue weighted by atomic mass is 79.9. The molecule has 2 bridgehead atoms. The number of benzene rings is 1. The maximum atomic E-state index is 9.27. The molecule has 3 nitrogen and oxygen atoms in total. The second-order valence-corrected chi connectivity index (χ2v) is 6.21. The highest BCUT2D eigenvalue weighted by molar-refractivity contribution is 9.10. The van der Waals surface area contributed by atoms with Crippen molar-refractivity contribution in [3.63, 3.8) is 0 Å². The van der Waals surface area contributed by atoms with Crippen LogP contribution >= 0.6 is 15.9 Å². The molecule has 2 aliphatic heterocycles. The molecule has 2 unspecified atom stereocenters. The lowest BCUT2D eigenvalue weighted by molar-refractivity contribution is 0.414. The number of nitrogens with two attached hydrogens (primary N) is 1. The molecular formula is C14H16BrN3. The molecule has 0 aromatic heterocycles. The lowest BCUT2D eigenvalue weighted by Gasteiger charge is -2.40. The number of nitriles is 1. The molecule has 2 atom stereocenters. The second kappa shape index (κ2) is 4.56. The number of hydrogen-bond donors (Lipinski definition) is 1. The van der Waals surface area contributed by atoms with Gasteiger partial charge in [-0.05, 0) is 43.9 Å². The van der Waals surface area contributed by atoms with Crippen molar-refractivity contribution >= 4 is 21.6 Å². The van der Waals surface area contributed by atoms with Crippen LogP contribution in [0.5, 0.6) is 0 Å². The largest absolute Gasteiger partial charge is 0.364 e. The Balaban J connectivity index is 2.01. The van der Waals surface area contributed by atoms with Crippen LogP contribution in [0.1, 0.15) is 31.2 Å². The van der Waals surface area contributed by atoms with E-state index in [0.29, 0.717) is 18.1 Å². The minimum Gasteiger partial charge on any atom is -0.364 e. The molecule has 0 saturated carbocycles. The van der Waals surface area contributed by atoms with Crippen molar-refractivity contribution in [2.24, 2.45) is 5.73 Å². The fourth-order valence-corrected chi connectivity index (χ4v) is 3.77. The van der Waals surface area contributed by atoms with Gasteiger partial charge < -0.3 is 10.6 Å². The summed E-state index contributed by atoms with van der Waals surface area (Å²) in [5.74, 6) is 0. The number of hydrogen-bond acceptors (Lipinski definition) is 3. The first-order valence-corrected chi connectivity index (χ1v) is 7.22. The van der Waals surface area contributed by atoms with E-state index < -0.39 is 0 Å². The topological polar surface area (TPSA) is 53.0 Å². The van der Waals surface area contributed by atoms with Crippen molar-refractivity contribution in [2.45, 2.75) is 43.8 Å². The Hall–Kier alpha value is -1.05. The third-order valence-electron chi connectivity index (χ3n) is 4.13. The molecule has 2 heterocycles. The number of piperidine rings is 1. The highest BCUT2D eigenvalue weighted by Gasteiger charge is 2.40. The van der Waals surface area contributed by atoms with Crippen molar-refractivity contribution in [3.05, 3.63) is 28.2 Å². The molecule has 0 aliphatic carbocycles. The minimum atomic E-state index is 0.330. The number of halogens is 1. The van der Waals surface area contributed by atoms with Crippen LogP contribution in [0.25, 0.3) is 0 Å². The number of rotatable bonds is 1. The summed E-state index contributed by atoms with van der Waals surface area (Å²) in [6.45, 7) is 0. The Morgan fingerprint density at radius 1 is 1.28 bits per heavy atom. The van der Waals surface area contributed by atoms with Crippen LogP contribution in [0.15, 0.2) is 22.7 Å². The SMILES string of the molecule is N#Cc1ccc(Br)cc1N1C2CCC1CC(N)C2. The molecule has 1 aromatic rings. The maximum absolute atomic E-state index is 9.27. The molecule has 0 spiro atoms. The van der Waals surface area contributed by atoms with E-state index in [-0.39, 0.29) is 0 Å². The summed E-state index contributed by atoms with van der Waals surface area (Å²) >= 11 is 3.50. The Morgan fingerprint density at radius 2 is 1.94 bits per heavy atom. The quantitative estimate of drug-likeness (QED) is 0.868. The fraction of sp³-hybridized carbons (Fsp3) is 0.500. The number of anilines is 1. The van der Waals surface area contributed by atoms with Gasteiger partial charge in [-0.15, -0.1) is 0 Å². The summed E-state index contributed by atoms with van der Waals surface area (Å²) in [6, 6.07) is 9.56. The molecule has 94 valence electrons. The van der Waals surface area contributed by atoms with Crippen molar-refractivity contribution in [2.75, 3.05) is 4.90 Å². The Labute approximate surface area is 116 Å². The molecule has 2 fully saturated rings. The van der Waals surface area contributed by atoms with Crippen molar-refractivity contribution < 1.29 is 0 Å². The molecular weight excluding hydrogens is 290 g/mol. The van der Waals surface area contributed by atoms with Gasteiger partial charge in [-0.25, -0.2) is 0 Å². The predicted octanol–water partition coefficient (Wildman–Crippen LogP) is 2.78. The zero-order valence-corrected chi connectivity index (χ0v) is 11.7. The van der Waals surface area contributed by atoms with Crippen LogP contribution in [-0.2, 0) is 0 Å². The van der Waals surface area contributed by atoms with E-state index in [1.165, 1.54) is 12.8 Å². The second-order valence-electron chi connectivity index (χ2n) is 5.30. The van der Waals surface area contributed by atoms with Crippen LogP contribution in [0.2, 0.25) is 0 Å². The van der Waals surface area contributed by atoms with Crippen LogP contribution in [0.4, 0.5) is 5.69 Å². The summed E-state index contributed by atoms with van der Waals surface area (Å²) in [6.07, 6.45) is 4.51. The zero-order chi connectivity index (χ0) is 12.7. The lowest BCUT2D eigenvalue weighted by Crippen LogP contribution is -2.47. The third kappa shape index (κ3) is 1.92. The van der Waals surface area contributed by atoms with Gasteiger partial charge in [-0.1, -0.05) is 15.9 Å². The third-order valence-corrected chi connectivity index (χ3v) is 4.62. The van der Waals surface area contributed by atoms with Gasteiger partial charge in [0.2, 0.25) is 0 Å². The van der Waals surface area contributed by atoms with E-state index in [9.17, 15) is 5.26 Å². The number of fused-ring (bicyclic) bond motifs is 2. The maximum Gasteiger partial charge on any atom is 0.101 e. The first-order valence-electron chi connectivity index (χ1n) is 6.42. The average molecular weight is 306 g/mol. The van der Waals surface area contributed by atoms with Gasteiger partial charge in [0.15, 0.2) is 0 Å². The Morgan fingerprint density at radius 3 is 2.56 bits per heavy atom. The zero-order valence-electron chi connectivity index (χ0n) is 10.1. The normalized spacial score (nSPS) is 30.3. The van der Waals surface area contributed by atoms with Crippen LogP contribution in [0.3, 0.4) is 0 Å². The summed E-state index contributed by atoms with van der Waals surface area (Å²) in [5, 5.41) is 9.27. The number of nitrogens with zero attached hydrogens (tertiary/aromatic N) is 2. The highest BCUT2D eigenvalue weighted by Crippen LogP contribution is 2.40. The molecule has 0 amide bonds. The van der Waals surface area contributed by atoms with E-state index in [0.717, 1.165) is 28.6 Å². The standard InChI is InChI=1S/C14H16BrN3/c15-10-2-1-9(8-16)14(5-10)18-12-3-4-13(18)7-11(17)6-12/h1-2,5,11-13H,3-4,6-7,17H2. The van der Waals surface area contributed by atoms with Gasteiger partial charge in [0.05, 0.1) is 11.3 Å². The molecule has 3 rings (SSSR count). The Kier molecular flexibility index (Phi) is 3.04. The van der Waals surface area contributed by atoms with Gasteiger partial charge in [0, 0.05) is 22.6 Å². The van der Waals surface area contributed by atoms with Crippen LogP contribution < -0.4 is 10.6 Å². The smallest absolute Gasteiger partial charge is 0.101 e. The van der Waals surface area contributed by atoms with Crippen molar-refractivity contribution in [3.8, 4) is 6.07 Å². The van der Waals surface area contributed by atoms with Crippen LogP contribution in [0, 0.1) is 11.3 Å². The van der Waals surface area contributed by atoms with E-state index in [1.54, 1.807) is 0 Å². The van der Waals surface area contributed by atoms with Crippen LogP contribution in [-0.4, -0.2) is 18.1 Å². The van der Waals surface area contributed by atoms with Gasteiger partial charge in [-0.2, -0.15) is 5.26 Å². The monoisotopic (exact) mass is 305 g/mol. The summed E-state index contributed by atoms with van der Waals surface area (Å²) in [7, 11) is 0. The fourth-order valence-electron chi connectivity index (χ4n) is 3.43. The van der Waals surface area contributed by atoms with Gasteiger partial charge in [0.1, 0.15) is 6.07 Å². The lowest BCUT2D eigenvalue weighted by atomic mass is 9.96. The van der Waals surface area contributed by atoms with Gasteiger partial charge in [-0.3, -0.25) is 0 Å². The van der Waals surface area contributed by atoms with Gasteiger partial charge >= 0.3 is 0 Å². The van der Waals surface area contributed by atoms with Crippen molar-refractivity contribution in [1.29, 1.82) is 5.26 Å². The molecule has 2 saturated heterocycles. The molecule has 18 heavy (non-hydrogen) atoms. The Bertz CT molecular complexity index is 494. The van der Waals surface area contributed by atoms with E-state index in [1.807, 2.05) is 12.1 Å². The molecule has 0 radical (unpaired) electrons. The molecule has 2 N–H and O–H groups in total. The average Bonchev–Trinajstić information content (AvgIpc) is 2.61. The first-order chi connectivity index (χ1) is 8.69. The predicted molar refractivity (Wildman–Crippen MR) is 75.4 cm³/mol. The summed E-state index contributed by atoms with van der Waals surface area (Å²) in [4.78, 5) is 2.44. The molecule has 1 aromatic carbocycles. The van der Waals surface area contributed by atoms with E-state index >= 15 is 0 Å². The molecule has 2 aliphatic rings. The van der Waals surface area contributed by atoms with Crippen molar-refractivity contribution in [1.82, 2.24) is 0 Å².